The zero-order valence-corrected chi connectivity index (χ0v) is 22.1. The van der Waals surface area contributed by atoms with Gasteiger partial charge in [0.25, 0.3) is 0 Å². The van der Waals surface area contributed by atoms with Crippen LogP contribution in [-0.2, 0) is 30.2 Å². The standard InChI is InChI=1S/C31H35NO6/c1-19(33)35-18-28-15-27(36-20(2)34)16-31(38-28)29-13-24(12-21-6-8-22(9-7-21)23-10-11-23)25(17-32)14-30(29)37-26-4-3-5-26/h6-9,13-14,23,26-28,31H,3-5,10-12,15-16,18H2,1-2H3/t27-,28-,31+/m0/s1. The molecule has 0 radical (unpaired) electrons. The second-order valence-electron chi connectivity index (χ2n) is 10.8. The molecular formula is C31H35NO6. The molecule has 0 amide bonds. The lowest BCUT2D eigenvalue weighted by molar-refractivity contribution is -0.169. The number of hydrogen-bond acceptors (Lipinski definition) is 7. The van der Waals surface area contributed by atoms with E-state index < -0.39 is 12.2 Å². The molecule has 0 bridgehead atoms. The summed E-state index contributed by atoms with van der Waals surface area (Å²) in [5, 5.41) is 10.0. The first-order valence-corrected chi connectivity index (χ1v) is 13.7. The van der Waals surface area contributed by atoms with Gasteiger partial charge in [-0.05, 0) is 73.3 Å². The SMILES string of the molecule is CC(=O)OC[C@@H]1C[C@H](OC(C)=O)C[C@H](c2cc(Cc3ccc(C4CC4)cc3)c(C#N)cc2OC2CCC2)O1. The Hall–Kier alpha value is -3.37. The Morgan fingerprint density at radius 1 is 1.00 bits per heavy atom. The van der Waals surface area contributed by atoms with Crippen molar-refractivity contribution in [2.75, 3.05) is 6.61 Å². The molecule has 3 atom stereocenters. The van der Waals surface area contributed by atoms with Crippen molar-refractivity contribution in [3.8, 4) is 11.8 Å². The molecule has 2 saturated carbocycles. The predicted octanol–water partition coefficient (Wildman–Crippen LogP) is 5.67. The van der Waals surface area contributed by atoms with E-state index in [0.717, 1.165) is 36.0 Å². The number of hydrogen-bond donors (Lipinski definition) is 0. The van der Waals surface area contributed by atoms with Gasteiger partial charge in [0.15, 0.2) is 0 Å². The number of rotatable bonds is 9. The van der Waals surface area contributed by atoms with Crippen molar-refractivity contribution >= 4 is 11.9 Å². The van der Waals surface area contributed by atoms with Crippen LogP contribution in [0.4, 0.5) is 0 Å². The Morgan fingerprint density at radius 2 is 1.76 bits per heavy atom. The summed E-state index contributed by atoms with van der Waals surface area (Å²) in [4.78, 5) is 23.2. The normalized spacial score (nSPS) is 23.1. The minimum Gasteiger partial charge on any atom is -0.490 e. The zero-order chi connectivity index (χ0) is 26.6. The molecule has 200 valence electrons. The van der Waals surface area contributed by atoms with Gasteiger partial charge in [-0.25, -0.2) is 0 Å². The lowest BCUT2D eigenvalue weighted by Gasteiger charge is -2.36. The van der Waals surface area contributed by atoms with Gasteiger partial charge in [0.05, 0.1) is 29.9 Å². The fourth-order valence-electron chi connectivity index (χ4n) is 5.28. The molecule has 0 aromatic heterocycles. The summed E-state index contributed by atoms with van der Waals surface area (Å²) in [5.41, 5.74) is 4.84. The maximum Gasteiger partial charge on any atom is 0.302 e. The van der Waals surface area contributed by atoms with E-state index >= 15 is 0 Å². The smallest absolute Gasteiger partial charge is 0.302 e. The average molecular weight is 518 g/mol. The van der Waals surface area contributed by atoms with Crippen LogP contribution in [0.25, 0.3) is 0 Å². The van der Waals surface area contributed by atoms with Crippen molar-refractivity contribution in [3.63, 3.8) is 0 Å². The third-order valence-electron chi connectivity index (χ3n) is 7.64. The van der Waals surface area contributed by atoms with E-state index in [1.165, 1.54) is 32.3 Å². The fourth-order valence-corrected chi connectivity index (χ4v) is 5.28. The highest BCUT2D eigenvalue weighted by Crippen LogP contribution is 2.42. The van der Waals surface area contributed by atoms with Gasteiger partial charge in [-0.3, -0.25) is 9.59 Å². The first-order chi connectivity index (χ1) is 18.4. The Kier molecular flexibility index (Phi) is 7.99. The Morgan fingerprint density at radius 3 is 2.37 bits per heavy atom. The fraction of sp³-hybridized carbons (Fsp3) is 0.516. The molecule has 0 N–H and O–H groups in total. The van der Waals surface area contributed by atoms with Crippen LogP contribution in [0.5, 0.6) is 5.75 Å². The molecule has 7 nitrogen and oxygen atoms in total. The molecule has 1 aliphatic heterocycles. The van der Waals surface area contributed by atoms with Gasteiger partial charge in [0.1, 0.15) is 18.5 Å². The molecule has 3 aliphatic rings. The van der Waals surface area contributed by atoms with E-state index in [9.17, 15) is 14.9 Å². The third kappa shape index (κ3) is 6.54. The Balaban J connectivity index is 1.46. The first kappa shape index (κ1) is 26.2. The number of carbonyl (C=O) groups is 2. The molecule has 2 aliphatic carbocycles. The van der Waals surface area contributed by atoms with Crippen LogP contribution in [0.15, 0.2) is 36.4 Å². The number of carbonyl (C=O) groups excluding carboxylic acids is 2. The van der Waals surface area contributed by atoms with E-state index in [1.807, 2.05) is 12.1 Å². The second kappa shape index (κ2) is 11.6. The van der Waals surface area contributed by atoms with E-state index in [0.29, 0.717) is 36.5 Å². The highest BCUT2D eigenvalue weighted by molar-refractivity contribution is 5.66. The summed E-state index contributed by atoms with van der Waals surface area (Å²) in [6.45, 7) is 2.84. The molecule has 0 spiro atoms. The van der Waals surface area contributed by atoms with Gasteiger partial charge in [-0.2, -0.15) is 5.26 Å². The van der Waals surface area contributed by atoms with Crippen molar-refractivity contribution in [2.45, 2.75) is 95.5 Å². The van der Waals surface area contributed by atoms with E-state index in [4.69, 9.17) is 18.9 Å². The lowest BCUT2D eigenvalue weighted by Crippen LogP contribution is -2.37. The van der Waals surface area contributed by atoms with Crippen molar-refractivity contribution in [1.82, 2.24) is 0 Å². The highest BCUT2D eigenvalue weighted by atomic mass is 16.6. The maximum absolute atomic E-state index is 11.8. The number of nitrogens with zero attached hydrogens (tertiary/aromatic N) is 1. The number of ether oxygens (including phenoxy) is 4. The highest BCUT2D eigenvalue weighted by Gasteiger charge is 2.35. The molecule has 2 aromatic rings. The summed E-state index contributed by atoms with van der Waals surface area (Å²) in [6.07, 6.45) is 6.00. The summed E-state index contributed by atoms with van der Waals surface area (Å²) < 4.78 is 23.6. The van der Waals surface area contributed by atoms with Crippen LogP contribution in [0.1, 0.15) is 98.6 Å². The van der Waals surface area contributed by atoms with Crippen LogP contribution >= 0.6 is 0 Å². The monoisotopic (exact) mass is 517 g/mol. The molecule has 1 heterocycles. The minimum atomic E-state index is -0.438. The van der Waals surface area contributed by atoms with Crippen LogP contribution in [0.3, 0.4) is 0 Å². The van der Waals surface area contributed by atoms with E-state index in [1.54, 1.807) is 0 Å². The third-order valence-corrected chi connectivity index (χ3v) is 7.64. The Labute approximate surface area is 224 Å². The van der Waals surface area contributed by atoms with E-state index in [-0.39, 0.29) is 30.8 Å². The van der Waals surface area contributed by atoms with E-state index in [2.05, 4.69) is 30.3 Å². The van der Waals surface area contributed by atoms with Crippen LogP contribution in [-0.4, -0.2) is 36.9 Å². The van der Waals surface area contributed by atoms with Gasteiger partial charge < -0.3 is 18.9 Å². The maximum atomic E-state index is 11.8. The van der Waals surface area contributed by atoms with Gasteiger partial charge in [-0.1, -0.05) is 24.3 Å². The van der Waals surface area contributed by atoms with Crippen molar-refractivity contribution in [1.29, 1.82) is 5.26 Å². The molecule has 0 unspecified atom stereocenters. The van der Waals surface area contributed by atoms with Gasteiger partial charge in [0.2, 0.25) is 0 Å². The first-order valence-electron chi connectivity index (χ1n) is 13.7. The summed E-state index contributed by atoms with van der Waals surface area (Å²) in [7, 11) is 0. The quantitative estimate of drug-likeness (QED) is 0.395. The molecule has 7 heteroatoms. The lowest BCUT2D eigenvalue weighted by atomic mass is 9.90. The second-order valence-corrected chi connectivity index (χ2v) is 10.8. The molecular weight excluding hydrogens is 482 g/mol. The summed E-state index contributed by atoms with van der Waals surface area (Å²) in [5.74, 6) is 0.589. The van der Waals surface area contributed by atoms with Crippen LogP contribution < -0.4 is 4.74 Å². The van der Waals surface area contributed by atoms with Crippen LogP contribution in [0.2, 0.25) is 0 Å². The minimum absolute atomic E-state index is 0.0822. The zero-order valence-electron chi connectivity index (χ0n) is 22.1. The molecule has 3 fully saturated rings. The van der Waals surface area contributed by atoms with Crippen molar-refractivity contribution in [3.05, 3.63) is 64.2 Å². The Bertz CT molecular complexity index is 1210. The van der Waals surface area contributed by atoms with Gasteiger partial charge in [-0.15, -0.1) is 0 Å². The van der Waals surface area contributed by atoms with Gasteiger partial charge in [0, 0.05) is 32.3 Å². The van der Waals surface area contributed by atoms with Gasteiger partial charge >= 0.3 is 11.9 Å². The molecule has 2 aromatic carbocycles. The number of esters is 2. The van der Waals surface area contributed by atoms with Crippen molar-refractivity contribution < 1.29 is 28.5 Å². The largest absolute Gasteiger partial charge is 0.490 e. The number of nitriles is 1. The summed E-state index contributed by atoms with van der Waals surface area (Å²) in [6, 6.07) is 14.9. The van der Waals surface area contributed by atoms with Crippen molar-refractivity contribution in [2.24, 2.45) is 0 Å². The van der Waals surface area contributed by atoms with Crippen LogP contribution in [0, 0.1) is 11.3 Å². The summed E-state index contributed by atoms with van der Waals surface area (Å²) >= 11 is 0. The topological polar surface area (TPSA) is 94.9 Å². The molecule has 38 heavy (non-hydrogen) atoms. The number of benzene rings is 2. The molecule has 5 rings (SSSR count). The molecule has 1 saturated heterocycles. The average Bonchev–Trinajstić information content (AvgIpc) is 3.71. The predicted molar refractivity (Wildman–Crippen MR) is 140 cm³/mol.